The number of quaternary nitrogens is 1. The Morgan fingerprint density at radius 3 is 1.90 bits per heavy atom. The van der Waals surface area contributed by atoms with Crippen LogP contribution in [0.1, 0.15) is 77.6 Å². The number of phosphoric acid groups is 1. The molecule has 0 bridgehead atoms. The Balaban J connectivity index is 3.68. The number of hydrogen-bond acceptors (Lipinski definition) is 6. The fourth-order valence-electron chi connectivity index (χ4n) is 3.17. The molecule has 10 heteroatoms. The van der Waals surface area contributed by atoms with Crippen LogP contribution in [0.25, 0.3) is 0 Å². The van der Waals surface area contributed by atoms with Gasteiger partial charge in [-0.2, -0.15) is 0 Å². The van der Waals surface area contributed by atoms with Crippen molar-refractivity contribution in [2.24, 2.45) is 0 Å². The topological polar surface area (TPSA) is 111 Å². The number of unbranched alkanes of at least 4 members (excludes halogenated alkanes) is 4. The largest absolute Gasteiger partial charge is 0.472 e. The lowest BCUT2D eigenvalue weighted by molar-refractivity contribution is -0.870. The zero-order valence-electron chi connectivity index (χ0n) is 25.2. The van der Waals surface area contributed by atoms with Gasteiger partial charge in [0.15, 0.2) is 0 Å². The average molecular weight is 586 g/mol. The summed E-state index contributed by atoms with van der Waals surface area (Å²) >= 11 is 0. The van der Waals surface area contributed by atoms with Crippen LogP contribution in [0.4, 0.5) is 0 Å². The summed E-state index contributed by atoms with van der Waals surface area (Å²) in [5.74, 6) is -0.677. The molecule has 9 nitrogen and oxygen atoms in total. The molecule has 230 valence electrons. The number of allylic oxidation sites excluding steroid dienone is 8. The van der Waals surface area contributed by atoms with Crippen LogP contribution < -0.4 is 5.32 Å². The molecule has 0 aromatic rings. The SMILES string of the molecule is CCCCC/C=C\C/C=C\C/C=C\C/C=C\CCCC(=O)NCCOC(=O)CCOP(=O)(O)OCC[N+](C)(C)C. The first-order valence-electron chi connectivity index (χ1n) is 14.5. The third-order valence-electron chi connectivity index (χ3n) is 5.50. The molecule has 0 rings (SSSR count). The molecule has 40 heavy (non-hydrogen) atoms. The molecule has 1 unspecified atom stereocenters. The lowest BCUT2D eigenvalue weighted by Crippen LogP contribution is -2.37. The minimum absolute atomic E-state index is 0.0263. The number of carbonyl (C=O) groups is 2. The summed E-state index contributed by atoms with van der Waals surface area (Å²) < 4.78 is 27.0. The quantitative estimate of drug-likeness (QED) is 0.0443. The molecule has 0 aliphatic rings. The summed E-state index contributed by atoms with van der Waals surface area (Å²) in [5.41, 5.74) is 0. The van der Waals surface area contributed by atoms with Gasteiger partial charge in [-0.3, -0.25) is 18.6 Å². The van der Waals surface area contributed by atoms with Gasteiger partial charge in [0.1, 0.15) is 19.8 Å². The average Bonchev–Trinajstić information content (AvgIpc) is 2.87. The second kappa shape index (κ2) is 24.7. The second-order valence-electron chi connectivity index (χ2n) is 10.5. The highest BCUT2D eigenvalue weighted by molar-refractivity contribution is 7.47. The molecule has 0 saturated carbocycles. The van der Waals surface area contributed by atoms with E-state index in [1.807, 2.05) is 21.1 Å². The molecule has 0 fully saturated rings. The summed E-state index contributed by atoms with van der Waals surface area (Å²) in [7, 11) is 1.59. The highest BCUT2D eigenvalue weighted by Gasteiger charge is 2.22. The van der Waals surface area contributed by atoms with Crippen LogP contribution in [0.3, 0.4) is 0 Å². The van der Waals surface area contributed by atoms with Crippen molar-refractivity contribution in [3.05, 3.63) is 48.6 Å². The molecule has 2 N–H and O–H groups in total. The number of rotatable bonds is 25. The fourth-order valence-corrected chi connectivity index (χ4v) is 3.88. The van der Waals surface area contributed by atoms with Crippen LogP contribution in [-0.2, 0) is 27.9 Å². The first-order chi connectivity index (χ1) is 19.1. The zero-order chi connectivity index (χ0) is 30.0. The number of esters is 1. The lowest BCUT2D eigenvalue weighted by Gasteiger charge is -2.23. The highest BCUT2D eigenvalue weighted by atomic mass is 31.2. The number of nitrogens with one attached hydrogen (secondary N) is 1. The summed E-state index contributed by atoms with van der Waals surface area (Å²) in [4.78, 5) is 33.2. The molecular formula is C30H54N2O7P+. The number of likely N-dealkylation sites (N-methyl/N-ethyl adjacent to an activating group) is 1. The predicted molar refractivity (Wildman–Crippen MR) is 162 cm³/mol. The van der Waals surface area contributed by atoms with Gasteiger partial charge in [0.05, 0.1) is 40.7 Å². The maximum atomic E-state index is 11.9. The third kappa shape index (κ3) is 29.0. The Morgan fingerprint density at radius 2 is 1.32 bits per heavy atom. The number of carbonyl (C=O) groups excluding carboxylic acids is 2. The van der Waals surface area contributed by atoms with Crippen molar-refractivity contribution in [2.75, 3.05) is 54.1 Å². The van der Waals surface area contributed by atoms with Crippen LogP contribution in [0.5, 0.6) is 0 Å². The van der Waals surface area contributed by atoms with Gasteiger partial charge in [-0.1, -0.05) is 68.4 Å². The molecule has 0 heterocycles. The molecule has 1 amide bonds. The van der Waals surface area contributed by atoms with Crippen molar-refractivity contribution in [1.82, 2.24) is 5.32 Å². The standard InChI is InChI=1S/C30H53N2O7P/c1-5-6-7-8-9-10-11-12-13-14-15-16-17-18-19-20-21-22-29(33)31-24-27-37-30(34)23-26-38-40(35,36)39-28-25-32(2,3)4/h9-10,12-13,15-16,18-19H,5-8,11,14,17,20-28H2,1-4H3,(H-,31,33,35,36)/p+1/b10-9-,13-12-,16-15-,19-18-. The second-order valence-corrected chi connectivity index (χ2v) is 11.9. The normalized spacial score (nSPS) is 14.0. The molecule has 0 aliphatic carbocycles. The van der Waals surface area contributed by atoms with Gasteiger partial charge < -0.3 is 19.4 Å². The maximum absolute atomic E-state index is 11.9. The first-order valence-corrected chi connectivity index (χ1v) is 16.0. The molecule has 1 atom stereocenters. The van der Waals surface area contributed by atoms with Crippen LogP contribution in [-0.4, -0.2) is 75.3 Å². The van der Waals surface area contributed by atoms with Crippen molar-refractivity contribution in [2.45, 2.75) is 77.6 Å². The van der Waals surface area contributed by atoms with E-state index in [2.05, 4.69) is 60.8 Å². The van der Waals surface area contributed by atoms with Crippen molar-refractivity contribution < 1.29 is 37.3 Å². The predicted octanol–water partition coefficient (Wildman–Crippen LogP) is 6.02. The van der Waals surface area contributed by atoms with Gasteiger partial charge in [0, 0.05) is 6.42 Å². The van der Waals surface area contributed by atoms with E-state index in [4.69, 9.17) is 13.8 Å². The Morgan fingerprint density at radius 1 is 0.775 bits per heavy atom. The minimum Gasteiger partial charge on any atom is -0.464 e. The van der Waals surface area contributed by atoms with E-state index < -0.39 is 13.8 Å². The van der Waals surface area contributed by atoms with Gasteiger partial charge in [-0.25, -0.2) is 4.57 Å². The van der Waals surface area contributed by atoms with Gasteiger partial charge in [0.2, 0.25) is 5.91 Å². The van der Waals surface area contributed by atoms with E-state index in [-0.39, 0.29) is 38.7 Å². The lowest BCUT2D eigenvalue weighted by atomic mass is 10.2. The van der Waals surface area contributed by atoms with E-state index in [1.165, 1.54) is 25.7 Å². The molecular weight excluding hydrogens is 531 g/mol. The number of nitrogens with zero attached hydrogens (tertiary/aromatic N) is 1. The summed E-state index contributed by atoms with van der Waals surface area (Å²) in [5, 5.41) is 2.71. The van der Waals surface area contributed by atoms with Gasteiger partial charge in [0.25, 0.3) is 0 Å². The smallest absolute Gasteiger partial charge is 0.464 e. The van der Waals surface area contributed by atoms with Crippen LogP contribution in [0.2, 0.25) is 0 Å². The van der Waals surface area contributed by atoms with E-state index in [0.717, 1.165) is 32.1 Å². The zero-order valence-corrected chi connectivity index (χ0v) is 26.1. The maximum Gasteiger partial charge on any atom is 0.472 e. The van der Waals surface area contributed by atoms with Crippen molar-refractivity contribution in [1.29, 1.82) is 0 Å². The van der Waals surface area contributed by atoms with E-state index >= 15 is 0 Å². The summed E-state index contributed by atoms with van der Waals surface area (Å²) in [6.07, 6.45) is 27.0. The highest BCUT2D eigenvalue weighted by Crippen LogP contribution is 2.43. The van der Waals surface area contributed by atoms with Crippen LogP contribution in [0, 0.1) is 0 Å². The van der Waals surface area contributed by atoms with Crippen molar-refractivity contribution in [3.63, 3.8) is 0 Å². The molecule has 0 saturated heterocycles. The van der Waals surface area contributed by atoms with Gasteiger partial charge in [-0.05, 0) is 44.9 Å². The summed E-state index contributed by atoms with van der Waals surface area (Å²) in [6.45, 7) is 2.76. The van der Waals surface area contributed by atoms with E-state index in [9.17, 15) is 19.0 Å². The molecule has 0 aliphatic heterocycles. The van der Waals surface area contributed by atoms with Gasteiger partial charge in [-0.15, -0.1) is 0 Å². The molecule has 0 radical (unpaired) electrons. The van der Waals surface area contributed by atoms with Crippen molar-refractivity contribution in [3.8, 4) is 0 Å². The van der Waals surface area contributed by atoms with Crippen molar-refractivity contribution >= 4 is 19.7 Å². The fraction of sp³-hybridized carbons (Fsp3) is 0.667. The van der Waals surface area contributed by atoms with Gasteiger partial charge >= 0.3 is 13.8 Å². The number of amides is 1. The van der Waals surface area contributed by atoms with Crippen LogP contribution in [0.15, 0.2) is 48.6 Å². The Labute approximate surface area is 242 Å². The third-order valence-corrected chi connectivity index (χ3v) is 6.51. The number of hydrogen-bond donors (Lipinski definition) is 2. The number of phosphoric ester groups is 1. The van der Waals surface area contributed by atoms with E-state index in [1.54, 1.807) is 0 Å². The molecule has 0 aromatic carbocycles. The first kappa shape index (κ1) is 38.0. The Bertz CT molecular complexity index is 832. The minimum atomic E-state index is -4.20. The van der Waals surface area contributed by atoms with E-state index in [0.29, 0.717) is 17.4 Å². The Hall–Kier alpha value is -2.03. The summed E-state index contributed by atoms with van der Waals surface area (Å²) in [6, 6.07) is 0. The molecule has 0 aromatic heterocycles. The Kier molecular flexibility index (Phi) is 23.5. The van der Waals surface area contributed by atoms with Crippen LogP contribution >= 0.6 is 7.82 Å². The number of ether oxygens (including phenoxy) is 1. The molecule has 0 spiro atoms. The monoisotopic (exact) mass is 585 g/mol.